The van der Waals surface area contributed by atoms with Crippen molar-refractivity contribution in [1.82, 2.24) is 4.90 Å². The van der Waals surface area contributed by atoms with Crippen molar-refractivity contribution in [1.29, 1.82) is 0 Å². The van der Waals surface area contributed by atoms with Gasteiger partial charge in [0, 0.05) is 11.1 Å². The van der Waals surface area contributed by atoms with Crippen LogP contribution in [0.5, 0.6) is 0 Å². The van der Waals surface area contributed by atoms with Crippen molar-refractivity contribution >= 4 is 40.2 Å². The van der Waals surface area contributed by atoms with Crippen molar-refractivity contribution in [3.63, 3.8) is 0 Å². The van der Waals surface area contributed by atoms with E-state index in [2.05, 4.69) is 5.32 Å². The van der Waals surface area contributed by atoms with Crippen LogP contribution in [-0.4, -0.2) is 41.7 Å². The summed E-state index contributed by atoms with van der Waals surface area (Å²) in [5.74, 6) is -1.74. The molecule has 1 heterocycles. The number of ether oxygens (including phenoxy) is 1. The van der Waals surface area contributed by atoms with Crippen molar-refractivity contribution in [2.24, 2.45) is 23.7 Å². The molecule has 2 aromatic carbocycles. The Kier molecular flexibility index (Phi) is 4.53. The van der Waals surface area contributed by atoms with Crippen LogP contribution in [0.4, 0.5) is 5.69 Å². The van der Waals surface area contributed by atoms with Gasteiger partial charge in [0.05, 0.1) is 11.8 Å². The predicted molar refractivity (Wildman–Crippen MR) is 108 cm³/mol. The van der Waals surface area contributed by atoms with E-state index in [1.165, 1.54) is 0 Å². The second kappa shape index (κ2) is 7.23. The second-order valence-corrected chi connectivity index (χ2v) is 8.38. The molecule has 5 rings (SSSR count). The van der Waals surface area contributed by atoms with E-state index in [4.69, 9.17) is 4.74 Å². The van der Waals surface area contributed by atoms with Crippen molar-refractivity contribution in [3.8, 4) is 0 Å². The van der Waals surface area contributed by atoms with Gasteiger partial charge in [0.2, 0.25) is 11.8 Å². The van der Waals surface area contributed by atoms with Crippen LogP contribution in [0.2, 0.25) is 0 Å². The minimum Gasteiger partial charge on any atom is -0.454 e. The van der Waals surface area contributed by atoms with Gasteiger partial charge in [-0.2, -0.15) is 0 Å². The Balaban J connectivity index is 1.17. The van der Waals surface area contributed by atoms with Gasteiger partial charge in [0.15, 0.2) is 6.61 Å². The van der Waals surface area contributed by atoms with Gasteiger partial charge < -0.3 is 10.1 Å². The molecule has 0 radical (unpaired) electrons. The first-order valence-corrected chi connectivity index (χ1v) is 10.3. The zero-order valence-corrected chi connectivity index (χ0v) is 16.4. The third-order valence-electron chi connectivity index (χ3n) is 6.73. The normalized spacial score (nSPS) is 26.9. The number of imide groups is 1. The van der Waals surface area contributed by atoms with Crippen LogP contribution >= 0.6 is 0 Å². The Morgan fingerprint density at radius 3 is 2.37 bits per heavy atom. The fourth-order valence-electron chi connectivity index (χ4n) is 5.47. The summed E-state index contributed by atoms with van der Waals surface area (Å²) in [7, 11) is 0. The van der Waals surface area contributed by atoms with Crippen LogP contribution in [0.25, 0.3) is 10.8 Å². The van der Waals surface area contributed by atoms with Crippen molar-refractivity contribution < 1.29 is 23.9 Å². The molecule has 0 unspecified atom stereocenters. The topological polar surface area (TPSA) is 92.8 Å². The van der Waals surface area contributed by atoms with Gasteiger partial charge in [-0.1, -0.05) is 36.4 Å². The lowest BCUT2D eigenvalue weighted by atomic mass is 9.81. The third-order valence-corrected chi connectivity index (χ3v) is 6.73. The smallest absolute Gasteiger partial charge is 0.326 e. The highest BCUT2D eigenvalue weighted by atomic mass is 16.5. The first-order chi connectivity index (χ1) is 14.5. The largest absolute Gasteiger partial charge is 0.454 e. The van der Waals surface area contributed by atoms with Crippen molar-refractivity contribution in [2.45, 2.75) is 19.3 Å². The monoisotopic (exact) mass is 406 g/mol. The zero-order valence-electron chi connectivity index (χ0n) is 16.4. The van der Waals surface area contributed by atoms with Crippen molar-refractivity contribution in [2.75, 3.05) is 18.5 Å². The highest BCUT2D eigenvalue weighted by molar-refractivity contribution is 6.08. The second-order valence-electron chi connectivity index (χ2n) is 8.38. The molecule has 7 heteroatoms. The molecule has 0 aromatic heterocycles. The number of hydrogen-bond donors (Lipinski definition) is 1. The van der Waals surface area contributed by atoms with Crippen LogP contribution in [0.1, 0.15) is 19.3 Å². The Morgan fingerprint density at radius 2 is 1.63 bits per heavy atom. The number of anilines is 1. The summed E-state index contributed by atoms with van der Waals surface area (Å²) in [4.78, 5) is 50.8. The average molecular weight is 406 g/mol. The fourth-order valence-corrected chi connectivity index (χ4v) is 5.47. The molecule has 3 amide bonds. The van der Waals surface area contributed by atoms with Gasteiger partial charge in [0.25, 0.3) is 5.91 Å². The maximum atomic E-state index is 12.6. The molecule has 154 valence electrons. The number of hydrogen-bond acceptors (Lipinski definition) is 5. The minimum absolute atomic E-state index is 0.255. The van der Waals surface area contributed by atoms with Crippen LogP contribution in [0.15, 0.2) is 42.5 Å². The number of esters is 1. The number of benzene rings is 2. The van der Waals surface area contributed by atoms with E-state index in [0.717, 1.165) is 34.9 Å². The lowest BCUT2D eigenvalue weighted by Crippen LogP contribution is -2.38. The fraction of sp³-hybridized carbons (Fsp3) is 0.391. The van der Waals surface area contributed by atoms with Crippen LogP contribution in [0, 0.1) is 23.7 Å². The molecule has 7 nitrogen and oxygen atoms in total. The Morgan fingerprint density at radius 1 is 0.967 bits per heavy atom. The van der Waals surface area contributed by atoms with Crippen LogP contribution in [-0.2, 0) is 23.9 Å². The number of nitrogens with one attached hydrogen (secondary N) is 1. The molecule has 4 atom stereocenters. The predicted octanol–water partition coefficient (Wildman–Crippen LogP) is 2.35. The van der Waals surface area contributed by atoms with Crippen molar-refractivity contribution in [3.05, 3.63) is 42.5 Å². The van der Waals surface area contributed by atoms with Gasteiger partial charge >= 0.3 is 5.97 Å². The van der Waals surface area contributed by atoms with Gasteiger partial charge in [0.1, 0.15) is 6.54 Å². The summed E-state index contributed by atoms with van der Waals surface area (Å²) < 4.78 is 5.04. The van der Waals surface area contributed by atoms with E-state index in [1.807, 2.05) is 36.4 Å². The number of fused-ring (bicyclic) bond motifs is 6. The number of rotatable bonds is 5. The number of carbonyl (C=O) groups excluding carboxylic acids is 4. The molecule has 30 heavy (non-hydrogen) atoms. The third kappa shape index (κ3) is 3.05. The number of likely N-dealkylation sites (tertiary alicyclic amines) is 1. The number of nitrogens with zero attached hydrogens (tertiary/aromatic N) is 1. The lowest BCUT2D eigenvalue weighted by molar-refractivity contribution is -0.154. The Labute approximate surface area is 173 Å². The SMILES string of the molecule is O=C(COC(=O)CN1C(=O)[C@@H]2[C@H]3CC[C@@H](C3)[C@@H]2C1=O)Nc1cccc2ccccc12. The van der Waals surface area contributed by atoms with Crippen LogP contribution < -0.4 is 5.32 Å². The Bertz CT molecular complexity index is 1030. The summed E-state index contributed by atoms with van der Waals surface area (Å²) in [5, 5.41) is 4.61. The first-order valence-electron chi connectivity index (χ1n) is 10.3. The summed E-state index contributed by atoms with van der Waals surface area (Å²) in [6, 6.07) is 13.2. The molecule has 2 bridgehead atoms. The van der Waals surface area contributed by atoms with Gasteiger partial charge in [-0.15, -0.1) is 0 Å². The molecule has 0 spiro atoms. The quantitative estimate of drug-likeness (QED) is 0.608. The van der Waals surface area contributed by atoms with E-state index in [-0.39, 0.29) is 35.5 Å². The minimum atomic E-state index is -0.753. The van der Waals surface area contributed by atoms with Gasteiger partial charge in [-0.05, 0) is 42.6 Å². The first kappa shape index (κ1) is 18.8. The number of amides is 3. The molecule has 3 aliphatic rings. The molecule has 1 aliphatic heterocycles. The molecule has 2 aromatic rings. The standard InChI is InChI=1S/C23H22N2O5/c26-18(24-17-7-3-5-13-4-1-2-6-16(13)17)12-30-19(27)11-25-22(28)20-14-8-9-15(10-14)21(20)23(25)29/h1-7,14-15,20-21H,8-12H2,(H,24,26)/t14-,15-,20-,21+/m0/s1. The van der Waals surface area contributed by atoms with E-state index in [9.17, 15) is 19.2 Å². The molecular weight excluding hydrogens is 384 g/mol. The van der Waals surface area contributed by atoms with E-state index < -0.39 is 25.0 Å². The van der Waals surface area contributed by atoms with E-state index in [1.54, 1.807) is 6.07 Å². The lowest BCUT2D eigenvalue weighted by Gasteiger charge is -2.19. The van der Waals surface area contributed by atoms with E-state index >= 15 is 0 Å². The number of carbonyl (C=O) groups is 4. The average Bonchev–Trinajstić information content (AvgIpc) is 3.43. The van der Waals surface area contributed by atoms with Gasteiger partial charge in [-0.3, -0.25) is 24.1 Å². The molecule has 3 fully saturated rings. The summed E-state index contributed by atoms with van der Waals surface area (Å²) in [6.07, 6.45) is 2.91. The molecule has 1 saturated heterocycles. The molecule has 2 aliphatic carbocycles. The zero-order chi connectivity index (χ0) is 20.8. The van der Waals surface area contributed by atoms with E-state index in [0.29, 0.717) is 5.69 Å². The van der Waals surface area contributed by atoms with Crippen LogP contribution in [0.3, 0.4) is 0 Å². The molecular formula is C23H22N2O5. The summed E-state index contributed by atoms with van der Waals surface area (Å²) in [5.41, 5.74) is 0.627. The molecule has 2 saturated carbocycles. The maximum Gasteiger partial charge on any atom is 0.326 e. The summed E-state index contributed by atoms with van der Waals surface area (Å²) >= 11 is 0. The highest BCUT2D eigenvalue weighted by Crippen LogP contribution is 2.56. The summed E-state index contributed by atoms with van der Waals surface area (Å²) in [6.45, 7) is -0.901. The maximum absolute atomic E-state index is 12.6. The highest BCUT2D eigenvalue weighted by Gasteiger charge is 2.61. The molecule has 1 N–H and O–H groups in total. The van der Waals surface area contributed by atoms with Gasteiger partial charge in [-0.25, -0.2) is 0 Å². The Hall–Kier alpha value is -3.22.